The van der Waals surface area contributed by atoms with Gasteiger partial charge in [-0.1, -0.05) is 0 Å². The van der Waals surface area contributed by atoms with E-state index in [4.69, 9.17) is 13.0 Å². The first-order valence-corrected chi connectivity index (χ1v) is 9.48. The van der Waals surface area contributed by atoms with Gasteiger partial charge in [0.05, 0.1) is 0 Å². The third-order valence-electron chi connectivity index (χ3n) is 2.38. The normalized spacial score (nSPS) is 13.7. The van der Waals surface area contributed by atoms with Gasteiger partial charge in [-0.15, -0.1) is 0 Å². The summed E-state index contributed by atoms with van der Waals surface area (Å²) in [4.78, 5) is 0. The molecule has 0 aliphatic rings. The van der Waals surface area contributed by atoms with Crippen LogP contribution >= 0.6 is 0 Å². The molecule has 0 bridgehead atoms. The van der Waals surface area contributed by atoms with Crippen molar-refractivity contribution in [2.75, 3.05) is 0 Å². The summed E-state index contributed by atoms with van der Waals surface area (Å²) >= 11 is -4.41. The van der Waals surface area contributed by atoms with Gasteiger partial charge in [-0.3, -0.25) is 0 Å². The van der Waals surface area contributed by atoms with Crippen LogP contribution in [0.15, 0.2) is 0 Å². The highest BCUT2D eigenvalue weighted by Crippen LogP contribution is 2.40. The fourth-order valence-corrected chi connectivity index (χ4v) is 3.36. The Hall–Kier alpha value is -1.19. The molecule has 1 aromatic carbocycles. The number of rotatable bonds is 2. The molecule has 0 amide bonds. The van der Waals surface area contributed by atoms with Gasteiger partial charge in [0.25, 0.3) is 3.57 Å². The molecule has 0 saturated heterocycles. The topological polar surface area (TPSA) is 57.2 Å². The first-order valence-electron chi connectivity index (χ1n) is 5.92. The second kappa shape index (κ2) is 8.74. The van der Waals surface area contributed by atoms with Crippen molar-refractivity contribution < 1.29 is 100 Å². The Morgan fingerprint density at radius 2 is 0.833 bits per heavy atom. The van der Waals surface area contributed by atoms with E-state index in [0.29, 0.717) is 0 Å². The predicted octanol–water partition coefficient (Wildman–Crippen LogP) is 1.48. The van der Waals surface area contributed by atoms with E-state index < -0.39 is 85.5 Å². The third kappa shape index (κ3) is 5.95. The summed E-state index contributed by atoms with van der Waals surface area (Å²) in [5.41, 5.74) is -5.65. The number of hydrogen-bond donors (Lipinski definition) is 0. The van der Waals surface area contributed by atoms with E-state index in [1.54, 1.807) is 0 Å². The predicted molar refractivity (Wildman–Crippen MR) is 56.6 cm³/mol. The van der Waals surface area contributed by atoms with Crippen LogP contribution in [0, 0.1) is 32.7 Å². The molecule has 30 heavy (non-hydrogen) atoms. The van der Waals surface area contributed by atoms with Gasteiger partial charge < -0.3 is 4.55 Å². The summed E-state index contributed by atoms with van der Waals surface area (Å²) in [5.74, 6) is -14.2. The molecule has 0 aromatic heterocycles. The van der Waals surface area contributed by atoms with Crippen molar-refractivity contribution in [1.29, 1.82) is 0 Å². The van der Waals surface area contributed by atoms with Crippen molar-refractivity contribution in [3.8, 4) is 0 Å². The van der Waals surface area contributed by atoms with Crippen LogP contribution in [-0.2, 0) is 10.1 Å². The molecule has 0 spiro atoms. The Morgan fingerprint density at radius 3 is 1.03 bits per heavy atom. The molecule has 0 unspecified atom stereocenters. The maximum atomic E-state index is 13.3. The van der Waals surface area contributed by atoms with Crippen LogP contribution < -0.4 is 21.2 Å². The minimum atomic E-state index is -6.65. The zero-order chi connectivity index (χ0) is 24.7. The first-order chi connectivity index (χ1) is 12.9. The van der Waals surface area contributed by atoms with Crippen LogP contribution in [0.2, 0.25) is 0 Å². The fraction of sp³-hybridized carbons (Fsp3) is 0.400. The van der Waals surface area contributed by atoms with E-state index in [2.05, 4.69) is 0 Å². The highest BCUT2D eigenvalue weighted by Gasteiger charge is 2.84. The average Bonchev–Trinajstić information content (AvgIpc) is 2.51. The lowest BCUT2D eigenvalue weighted by Gasteiger charge is -2.19. The van der Waals surface area contributed by atoms with Crippen LogP contribution in [-0.4, -0.2) is 34.5 Å². The lowest BCUT2D eigenvalue weighted by atomic mass is 10.3. The van der Waals surface area contributed by atoms with E-state index >= 15 is 0 Å². The number of alkyl halides is 11. The van der Waals surface area contributed by atoms with Crippen LogP contribution in [0.5, 0.6) is 0 Å². The van der Waals surface area contributed by atoms with Gasteiger partial charge in [0, 0.05) is 0 Å². The van der Waals surface area contributed by atoms with E-state index in [-0.39, 0.29) is 0 Å². The van der Waals surface area contributed by atoms with Gasteiger partial charge >= 0.3 is 42.7 Å². The molecular weight excluding hydrogens is 612 g/mol. The number of hydrogen-bond acceptors (Lipinski definition) is 3. The van der Waals surface area contributed by atoms with Gasteiger partial charge in [-0.2, -0.15) is 52.7 Å². The van der Waals surface area contributed by atoms with Gasteiger partial charge in [0.15, 0.2) is 10.1 Å². The minimum Gasteiger partial charge on any atom is -0.741 e. The summed E-state index contributed by atoms with van der Waals surface area (Å²) in [7, 11) is -6.09. The van der Waals surface area contributed by atoms with Crippen LogP contribution in [0.4, 0.5) is 65.9 Å². The maximum Gasteiger partial charge on any atom is 0.490 e. The van der Waals surface area contributed by atoms with Crippen LogP contribution in [0.1, 0.15) is 0 Å². The van der Waals surface area contributed by atoms with E-state index in [9.17, 15) is 65.9 Å². The Kier molecular flexibility index (Phi) is 8.40. The van der Waals surface area contributed by atoms with Gasteiger partial charge in [-0.25, -0.2) is 21.6 Å². The average molecular weight is 612 g/mol. The molecule has 1 rings (SSSR count). The van der Waals surface area contributed by atoms with E-state index in [1.807, 2.05) is 0 Å². The molecule has 0 N–H and O–H groups in total. The van der Waals surface area contributed by atoms with Crippen molar-refractivity contribution in [1.82, 2.24) is 0 Å². The number of benzene rings is 1. The summed E-state index contributed by atoms with van der Waals surface area (Å²) in [5, 5.41) is 0. The summed E-state index contributed by atoms with van der Waals surface area (Å²) in [6.45, 7) is 0. The molecule has 176 valence electrons. The second-order valence-corrected chi connectivity index (χ2v) is 8.92. The van der Waals surface area contributed by atoms with E-state index in [1.165, 1.54) is 0 Å². The Bertz CT molecular complexity index is 843. The monoisotopic (exact) mass is 612 g/mol. The molecule has 0 atom stereocenters. The molecule has 20 heteroatoms. The van der Waals surface area contributed by atoms with Crippen molar-refractivity contribution in [3.63, 3.8) is 0 Å². The van der Waals surface area contributed by atoms with Gasteiger partial charge in [0.2, 0.25) is 29.1 Å². The van der Waals surface area contributed by atoms with E-state index in [0.717, 1.165) is 0 Å². The smallest absolute Gasteiger partial charge is 0.490 e. The lowest BCUT2D eigenvalue weighted by Crippen LogP contribution is -3.70. The molecule has 0 radical (unpaired) electrons. The molecule has 0 saturated carbocycles. The summed E-state index contributed by atoms with van der Waals surface area (Å²) in [6, 6.07) is 0. The molecule has 0 fully saturated rings. The fourth-order valence-electron chi connectivity index (χ4n) is 1.06. The standard InChI is InChI=1S/C9F12I.CHF3O3S/c10-1-2(11)4(13)6(5(14)3(1)12)22-7(15,8(16,17)18)9(19,20)21;2-1(3,4)8(5,6)7/h;(H,5,6,7)/q+1;/p-1. The lowest BCUT2D eigenvalue weighted by molar-refractivity contribution is -0.793. The highest BCUT2D eigenvalue weighted by atomic mass is 127. The van der Waals surface area contributed by atoms with Crippen LogP contribution in [0.25, 0.3) is 0 Å². The third-order valence-corrected chi connectivity index (χ3v) is 6.40. The van der Waals surface area contributed by atoms with Crippen molar-refractivity contribution in [3.05, 3.63) is 32.7 Å². The Morgan fingerprint density at radius 1 is 0.600 bits per heavy atom. The maximum absolute atomic E-state index is 13.3. The van der Waals surface area contributed by atoms with Crippen LogP contribution in [0.3, 0.4) is 0 Å². The highest BCUT2D eigenvalue weighted by molar-refractivity contribution is 7.86. The Labute approximate surface area is 164 Å². The number of halogens is 16. The molecule has 1 aromatic rings. The van der Waals surface area contributed by atoms with Gasteiger partial charge in [0.1, 0.15) is 0 Å². The Balaban J connectivity index is 0.000000890. The minimum absolute atomic E-state index is 2.45. The van der Waals surface area contributed by atoms with Gasteiger partial charge in [-0.05, 0) is 0 Å². The summed E-state index contributed by atoms with van der Waals surface area (Å²) < 4.78 is 202. The summed E-state index contributed by atoms with van der Waals surface area (Å²) in [6.07, 6.45) is -13.3. The molecular formula is C10F15IO3S. The SMILES string of the molecule is Fc1c(F)c(F)c([I+]C(F)(C(F)(F)F)C(F)(F)F)c(F)c1F.O=S(=O)([O-])C(F)(F)F. The quantitative estimate of drug-likeness (QED) is 0.0969. The second-order valence-electron chi connectivity index (χ2n) is 4.45. The zero-order valence-electron chi connectivity index (χ0n) is 12.7. The first kappa shape index (κ1) is 28.8. The van der Waals surface area contributed by atoms with Crippen molar-refractivity contribution >= 4 is 10.1 Å². The molecule has 0 aliphatic carbocycles. The molecule has 0 aliphatic heterocycles. The molecule has 0 heterocycles. The zero-order valence-corrected chi connectivity index (χ0v) is 15.7. The van der Waals surface area contributed by atoms with Crippen molar-refractivity contribution in [2.24, 2.45) is 0 Å². The molecule has 3 nitrogen and oxygen atoms in total. The largest absolute Gasteiger partial charge is 0.741 e. The van der Waals surface area contributed by atoms with Crippen molar-refractivity contribution in [2.45, 2.75) is 21.5 Å².